The van der Waals surface area contributed by atoms with Crippen LogP contribution in [0.4, 0.5) is 5.95 Å². The van der Waals surface area contributed by atoms with Gasteiger partial charge in [0.05, 0.1) is 5.69 Å². The highest BCUT2D eigenvalue weighted by atomic mass is 16.5. The summed E-state index contributed by atoms with van der Waals surface area (Å²) in [5.74, 6) is 0.971. The molecule has 1 N–H and O–H groups in total. The number of ether oxygens (including phenoxy) is 1. The van der Waals surface area contributed by atoms with Gasteiger partial charge in [0.1, 0.15) is 0 Å². The average molecular weight is 268 g/mol. The van der Waals surface area contributed by atoms with Crippen molar-refractivity contribution in [3.8, 4) is 0 Å². The molecule has 0 aromatic carbocycles. The normalized spacial score (nSPS) is 11.2. The molecular weight excluding hydrogens is 240 g/mol. The Morgan fingerprint density at radius 1 is 1.42 bits per heavy atom. The predicted octanol–water partition coefficient (Wildman–Crippen LogP) is 1.98. The molecular formula is C14H28N4O. The summed E-state index contributed by atoms with van der Waals surface area (Å²) in [6.45, 7) is 11.8. The third-order valence-electron chi connectivity index (χ3n) is 3.11. The van der Waals surface area contributed by atoms with Crippen LogP contribution in [0.3, 0.4) is 0 Å². The van der Waals surface area contributed by atoms with Gasteiger partial charge in [-0.3, -0.25) is 0 Å². The zero-order chi connectivity index (χ0) is 14.1. The van der Waals surface area contributed by atoms with Crippen molar-refractivity contribution in [3.63, 3.8) is 0 Å². The molecule has 0 bridgehead atoms. The maximum atomic E-state index is 5.37. The Morgan fingerprint density at radius 2 is 2.21 bits per heavy atom. The molecule has 0 fully saturated rings. The van der Waals surface area contributed by atoms with Crippen LogP contribution < -0.4 is 5.32 Å². The van der Waals surface area contributed by atoms with E-state index in [9.17, 15) is 0 Å². The zero-order valence-electron chi connectivity index (χ0n) is 12.8. The van der Waals surface area contributed by atoms with Crippen molar-refractivity contribution in [2.75, 3.05) is 45.2 Å². The molecule has 5 nitrogen and oxygen atoms in total. The minimum absolute atomic E-state index is 0.789. The molecule has 0 spiro atoms. The van der Waals surface area contributed by atoms with E-state index >= 15 is 0 Å². The highest BCUT2D eigenvalue weighted by Crippen LogP contribution is 2.09. The van der Waals surface area contributed by atoms with Crippen LogP contribution in [0, 0.1) is 6.92 Å². The molecule has 1 heterocycles. The quantitative estimate of drug-likeness (QED) is 0.659. The lowest BCUT2D eigenvalue weighted by molar-refractivity contribution is 0.142. The van der Waals surface area contributed by atoms with Crippen LogP contribution in [0.25, 0.3) is 0 Å². The molecule has 0 amide bonds. The fraction of sp³-hybridized carbons (Fsp3) is 0.786. The maximum Gasteiger partial charge on any atom is 0.203 e. The van der Waals surface area contributed by atoms with Crippen molar-refractivity contribution in [1.82, 2.24) is 14.5 Å². The first-order valence-electron chi connectivity index (χ1n) is 7.21. The molecule has 0 aliphatic heterocycles. The maximum absolute atomic E-state index is 5.37. The Kier molecular flexibility index (Phi) is 7.52. The minimum Gasteiger partial charge on any atom is -0.382 e. The average Bonchev–Trinajstić information content (AvgIpc) is 2.75. The molecule has 0 atom stereocenters. The van der Waals surface area contributed by atoms with Crippen LogP contribution in [-0.2, 0) is 11.3 Å². The Hall–Kier alpha value is -1.07. The second-order valence-corrected chi connectivity index (χ2v) is 4.77. The van der Waals surface area contributed by atoms with Crippen molar-refractivity contribution >= 4 is 5.95 Å². The van der Waals surface area contributed by atoms with E-state index < -0.39 is 0 Å². The molecule has 0 unspecified atom stereocenters. The molecule has 0 radical (unpaired) electrons. The van der Waals surface area contributed by atoms with Gasteiger partial charge in [-0.25, -0.2) is 4.98 Å². The lowest BCUT2D eigenvalue weighted by Gasteiger charge is -2.15. The molecule has 1 aromatic rings. The first-order chi connectivity index (χ1) is 9.17. The van der Waals surface area contributed by atoms with Crippen LogP contribution in [0.2, 0.25) is 0 Å². The molecule has 0 aliphatic carbocycles. The van der Waals surface area contributed by atoms with E-state index in [1.165, 1.54) is 0 Å². The summed E-state index contributed by atoms with van der Waals surface area (Å²) in [6.07, 6.45) is 3.12. The summed E-state index contributed by atoms with van der Waals surface area (Å²) in [7, 11) is 2.13. The SMILES string of the molecule is CCOCCCn1cc(C)nc1NCCN(C)CC. The summed E-state index contributed by atoms with van der Waals surface area (Å²) in [6, 6.07) is 0. The monoisotopic (exact) mass is 268 g/mol. The van der Waals surface area contributed by atoms with Gasteiger partial charge in [0.2, 0.25) is 5.95 Å². The van der Waals surface area contributed by atoms with Crippen LogP contribution in [0.1, 0.15) is 26.0 Å². The second-order valence-electron chi connectivity index (χ2n) is 4.77. The van der Waals surface area contributed by atoms with Gasteiger partial charge in [-0.15, -0.1) is 0 Å². The van der Waals surface area contributed by atoms with E-state index in [2.05, 4.69) is 39.9 Å². The van der Waals surface area contributed by atoms with Crippen molar-refractivity contribution in [3.05, 3.63) is 11.9 Å². The van der Waals surface area contributed by atoms with E-state index in [1.807, 2.05) is 13.8 Å². The van der Waals surface area contributed by atoms with Gasteiger partial charge in [-0.2, -0.15) is 0 Å². The number of aryl methyl sites for hydroxylation is 2. The largest absolute Gasteiger partial charge is 0.382 e. The summed E-state index contributed by atoms with van der Waals surface area (Å²) in [5, 5.41) is 3.41. The number of nitrogens with zero attached hydrogens (tertiary/aromatic N) is 3. The third kappa shape index (κ3) is 6.07. The number of anilines is 1. The van der Waals surface area contributed by atoms with Crippen LogP contribution in [-0.4, -0.2) is 54.3 Å². The number of likely N-dealkylation sites (N-methyl/N-ethyl adjacent to an activating group) is 1. The van der Waals surface area contributed by atoms with Crippen molar-refractivity contribution in [2.24, 2.45) is 0 Å². The summed E-state index contributed by atoms with van der Waals surface area (Å²) >= 11 is 0. The minimum atomic E-state index is 0.789. The zero-order valence-corrected chi connectivity index (χ0v) is 12.8. The van der Waals surface area contributed by atoms with Crippen molar-refractivity contribution in [1.29, 1.82) is 0 Å². The number of nitrogens with one attached hydrogen (secondary N) is 1. The van der Waals surface area contributed by atoms with Crippen LogP contribution >= 0.6 is 0 Å². The van der Waals surface area contributed by atoms with E-state index in [0.29, 0.717) is 0 Å². The standard InChI is InChI=1S/C14H28N4O/c1-5-17(4)10-8-15-14-16-13(3)12-18(14)9-7-11-19-6-2/h12H,5-11H2,1-4H3,(H,15,16). The first kappa shape index (κ1) is 16.0. The van der Waals surface area contributed by atoms with Crippen LogP contribution in [0.5, 0.6) is 0 Å². The van der Waals surface area contributed by atoms with Gasteiger partial charge in [0, 0.05) is 39.0 Å². The Morgan fingerprint density at radius 3 is 2.89 bits per heavy atom. The van der Waals surface area contributed by atoms with Gasteiger partial charge in [-0.1, -0.05) is 6.92 Å². The van der Waals surface area contributed by atoms with E-state index in [-0.39, 0.29) is 0 Å². The van der Waals surface area contributed by atoms with Crippen molar-refractivity contribution < 1.29 is 4.74 Å². The lowest BCUT2D eigenvalue weighted by Crippen LogP contribution is -2.25. The predicted molar refractivity (Wildman–Crippen MR) is 79.7 cm³/mol. The molecule has 0 saturated carbocycles. The van der Waals surface area contributed by atoms with E-state index in [0.717, 1.165) is 57.5 Å². The van der Waals surface area contributed by atoms with Gasteiger partial charge in [0.15, 0.2) is 0 Å². The van der Waals surface area contributed by atoms with Crippen LogP contribution in [0.15, 0.2) is 6.20 Å². The number of imidazole rings is 1. The number of rotatable bonds is 10. The highest BCUT2D eigenvalue weighted by Gasteiger charge is 2.05. The summed E-state index contributed by atoms with van der Waals surface area (Å²) < 4.78 is 7.55. The molecule has 110 valence electrons. The summed E-state index contributed by atoms with van der Waals surface area (Å²) in [4.78, 5) is 6.80. The molecule has 1 aromatic heterocycles. The van der Waals surface area contributed by atoms with Gasteiger partial charge < -0.3 is 19.5 Å². The number of hydrogen-bond acceptors (Lipinski definition) is 4. The molecule has 5 heteroatoms. The van der Waals surface area contributed by atoms with Gasteiger partial charge >= 0.3 is 0 Å². The third-order valence-corrected chi connectivity index (χ3v) is 3.11. The Labute approximate surface area is 117 Å². The molecule has 1 rings (SSSR count). The molecule has 0 aliphatic rings. The van der Waals surface area contributed by atoms with Crippen molar-refractivity contribution in [2.45, 2.75) is 33.7 Å². The fourth-order valence-corrected chi connectivity index (χ4v) is 1.86. The topological polar surface area (TPSA) is 42.3 Å². The summed E-state index contributed by atoms with van der Waals surface area (Å²) in [5.41, 5.74) is 1.06. The Balaban J connectivity index is 2.39. The number of hydrogen-bond donors (Lipinski definition) is 1. The Bertz CT molecular complexity index is 351. The lowest BCUT2D eigenvalue weighted by atomic mass is 10.4. The highest BCUT2D eigenvalue weighted by molar-refractivity contribution is 5.28. The van der Waals surface area contributed by atoms with E-state index in [1.54, 1.807) is 0 Å². The van der Waals surface area contributed by atoms with Gasteiger partial charge in [-0.05, 0) is 33.9 Å². The second kappa shape index (κ2) is 8.93. The van der Waals surface area contributed by atoms with Gasteiger partial charge in [0.25, 0.3) is 0 Å². The fourth-order valence-electron chi connectivity index (χ4n) is 1.86. The number of aromatic nitrogens is 2. The molecule has 0 saturated heterocycles. The first-order valence-corrected chi connectivity index (χ1v) is 7.21. The van der Waals surface area contributed by atoms with E-state index in [4.69, 9.17) is 4.74 Å². The molecule has 19 heavy (non-hydrogen) atoms. The smallest absolute Gasteiger partial charge is 0.203 e.